The van der Waals surface area contributed by atoms with E-state index in [0.29, 0.717) is 17.5 Å². The van der Waals surface area contributed by atoms with Crippen molar-refractivity contribution in [3.63, 3.8) is 0 Å². The second kappa shape index (κ2) is 13.6. The number of rotatable bonds is 6. The minimum absolute atomic E-state index is 0.477. The molecule has 0 radical (unpaired) electrons. The van der Waals surface area contributed by atoms with Crippen LogP contribution in [0.3, 0.4) is 0 Å². The van der Waals surface area contributed by atoms with Crippen molar-refractivity contribution in [3.8, 4) is 56.4 Å². The predicted octanol–water partition coefficient (Wildman–Crippen LogP) is 14.0. The molecule has 1 aliphatic rings. The fourth-order valence-corrected chi connectivity index (χ4v) is 9.40. The van der Waals surface area contributed by atoms with E-state index in [4.69, 9.17) is 19.4 Å². The van der Waals surface area contributed by atoms with E-state index >= 15 is 0 Å². The summed E-state index contributed by atoms with van der Waals surface area (Å²) in [5.74, 6) is 1.94. The lowest BCUT2D eigenvalue weighted by Gasteiger charge is -2.33. The third-order valence-electron chi connectivity index (χ3n) is 12.2. The first kappa shape index (κ1) is 34.1. The van der Waals surface area contributed by atoms with Crippen LogP contribution in [0.5, 0.6) is 0 Å². The van der Waals surface area contributed by atoms with Crippen molar-refractivity contribution < 1.29 is 4.42 Å². The second-order valence-corrected chi connectivity index (χ2v) is 15.5. The number of nitrogens with zero attached hydrogens (tertiary/aromatic N) is 3. The Hall–Kier alpha value is -7.95. The van der Waals surface area contributed by atoms with Crippen molar-refractivity contribution in [1.82, 2.24) is 15.0 Å². The number of aromatic nitrogens is 3. The summed E-state index contributed by atoms with van der Waals surface area (Å²) >= 11 is 0. The third-order valence-corrected chi connectivity index (χ3v) is 12.2. The maximum absolute atomic E-state index is 6.79. The lowest BCUT2D eigenvalue weighted by atomic mass is 9.67. The predicted molar refractivity (Wildman–Crippen MR) is 244 cm³/mol. The van der Waals surface area contributed by atoms with E-state index in [2.05, 4.69) is 152 Å². The lowest BCUT2D eigenvalue weighted by Crippen LogP contribution is -2.28. The Kier molecular flexibility index (Phi) is 7.72. The molecule has 0 bridgehead atoms. The molecule has 0 unspecified atom stereocenters. The zero-order valence-corrected chi connectivity index (χ0v) is 32.5. The zero-order chi connectivity index (χ0) is 39.6. The smallest absolute Gasteiger partial charge is 0.164 e. The molecule has 0 fully saturated rings. The molecule has 12 rings (SSSR count). The largest absolute Gasteiger partial charge is 0.456 e. The van der Waals surface area contributed by atoms with E-state index < -0.39 is 5.41 Å². The molecule has 0 aliphatic heterocycles. The molecule has 60 heavy (non-hydrogen) atoms. The zero-order valence-electron chi connectivity index (χ0n) is 32.5. The molecule has 4 nitrogen and oxygen atoms in total. The number of furan rings is 1. The highest BCUT2D eigenvalue weighted by molar-refractivity contribution is 6.06. The molecular formula is C56H35N3O. The molecule has 11 aromatic rings. The van der Waals surface area contributed by atoms with Crippen molar-refractivity contribution >= 4 is 32.7 Å². The molecule has 0 spiro atoms. The van der Waals surface area contributed by atoms with Crippen LogP contribution in [-0.2, 0) is 5.41 Å². The van der Waals surface area contributed by atoms with Crippen LogP contribution in [-0.4, -0.2) is 15.0 Å². The molecule has 4 heteroatoms. The van der Waals surface area contributed by atoms with Gasteiger partial charge >= 0.3 is 0 Å². The molecule has 0 saturated heterocycles. The van der Waals surface area contributed by atoms with E-state index in [1.165, 1.54) is 33.4 Å². The number of fused-ring (bicyclic) bond motifs is 7. The Morgan fingerprint density at radius 2 is 0.767 bits per heavy atom. The first-order chi connectivity index (χ1) is 29.7. The van der Waals surface area contributed by atoms with E-state index in [9.17, 15) is 0 Å². The van der Waals surface area contributed by atoms with Crippen molar-refractivity contribution in [2.45, 2.75) is 5.41 Å². The van der Waals surface area contributed by atoms with Gasteiger partial charge in [-0.1, -0.05) is 182 Å². The van der Waals surface area contributed by atoms with Gasteiger partial charge in [-0.25, -0.2) is 15.0 Å². The van der Waals surface area contributed by atoms with Gasteiger partial charge in [-0.15, -0.1) is 0 Å². The van der Waals surface area contributed by atoms with E-state index in [1.807, 2.05) is 60.7 Å². The first-order valence-electron chi connectivity index (χ1n) is 20.3. The fourth-order valence-electron chi connectivity index (χ4n) is 9.40. The highest BCUT2D eigenvalue weighted by atomic mass is 16.3. The van der Waals surface area contributed by atoms with Crippen LogP contribution in [0.2, 0.25) is 0 Å². The maximum Gasteiger partial charge on any atom is 0.164 e. The standard InChI is InChI=1S/C56H35N3O/c1-4-14-36(15-5-1)53-57-54(37-16-6-2-7-17-37)59-55(58-53)42-27-26-38-32-39(24-25-40(38)33-42)41-28-30-47-48-31-29-44(35-52(48)60-51(47)34-41)56(43-18-8-3-9-19-43)49-22-12-10-20-45(49)46-21-11-13-23-50(46)56/h1-35H. The van der Waals surface area contributed by atoms with Gasteiger partial charge in [0.15, 0.2) is 17.5 Å². The van der Waals surface area contributed by atoms with E-state index in [-0.39, 0.29) is 0 Å². The Morgan fingerprint density at radius 3 is 1.38 bits per heavy atom. The van der Waals surface area contributed by atoms with Gasteiger partial charge in [-0.3, -0.25) is 0 Å². The number of hydrogen-bond donors (Lipinski definition) is 0. The van der Waals surface area contributed by atoms with Crippen molar-refractivity contribution in [1.29, 1.82) is 0 Å². The summed E-state index contributed by atoms with van der Waals surface area (Å²) in [6.07, 6.45) is 0. The van der Waals surface area contributed by atoms with Crippen molar-refractivity contribution in [2.24, 2.45) is 0 Å². The van der Waals surface area contributed by atoms with Gasteiger partial charge in [-0.2, -0.15) is 0 Å². The van der Waals surface area contributed by atoms with Crippen LogP contribution in [0.15, 0.2) is 217 Å². The molecule has 0 N–H and O–H groups in total. The summed E-state index contributed by atoms with van der Waals surface area (Å²) in [5.41, 5.74) is 13.9. The minimum Gasteiger partial charge on any atom is -0.456 e. The van der Waals surface area contributed by atoms with Gasteiger partial charge in [0, 0.05) is 27.5 Å². The van der Waals surface area contributed by atoms with Crippen LogP contribution in [0.25, 0.3) is 89.1 Å². The Bertz CT molecular complexity index is 3330. The van der Waals surface area contributed by atoms with Gasteiger partial charge in [0.25, 0.3) is 0 Å². The molecule has 2 heterocycles. The highest BCUT2D eigenvalue weighted by Gasteiger charge is 2.46. The van der Waals surface area contributed by atoms with Gasteiger partial charge < -0.3 is 4.42 Å². The molecule has 0 atom stereocenters. The van der Waals surface area contributed by atoms with Crippen LogP contribution in [0.4, 0.5) is 0 Å². The molecule has 280 valence electrons. The van der Waals surface area contributed by atoms with Crippen LogP contribution in [0, 0.1) is 0 Å². The van der Waals surface area contributed by atoms with Crippen LogP contribution >= 0.6 is 0 Å². The van der Waals surface area contributed by atoms with E-state index in [1.54, 1.807) is 0 Å². The average molecular weight is 766 g/mol. The number of hydrogen-bond acceptors (Lipinski definition) is 4. The normalized spacial score (nSPS) is 12.8. The van der Waals surface area contributed by atoms with Gasteiger partial charge in [0.05, 0.1) is 5.41 Å². The SMILES string of the molecule is c1ccc(-c2nc(-c3ccccc3)nc(-c3ccc4cc(-c5ccc6c(c5)oc5cc(C7(c8ccccc8)c8ccccc8-c8ccccc87)ccc56)ccc4c3)n2)cc1. The van der Waals surface area contributed by atoms with Gasteiger partial charge in [0.1, 0.15) is 11.2 Å². The summed E-state index contributed by atoms with van der Waals surface area (Å²) in [7, 11) is 0. The Labute approximate surface area is 347 Å². The molecule has 0 amide bonds. The molecule has 2 aromatic heterocycles. The fraction of sp³-hybridized carbons (Fsp3) is 0.0179. The summed E-state index contributed by atoms with van der Waals surface area (Å²) in [6.45, 7) is 0. The molecule has 0 saturated carbocycles. The summed E-state index contributed by atoms with van der Waals surface area (Å²) < 4.78 is 6.79. The van der Waals surface area contributed by atoms with Crippen molar-refractivity contribution in [3.05, 3.63) is 235 Å². The van der Waals surface area contributed by atoms with Gasteiger partial charge in [0.2, 0.25) is 0 Å². The quantitative estimate of drug-likeness (QED) is 0.169. The highest BCUT2D eigenvalue weighted by Crippen LogP contribution is 2.56. The molecular weight excluding hydrogens is 731 g/mol. The topological polar surface area (TPSA) is 51.8 Å². The summed E-state index contributed by atoms with van der Waals surface area (Å²) in [5, 5.41) is 4.46. The third kappa shape index (κ3) is 5.35. The van der Waals surface area contributed by atoms with E-state index in [0.717, 1.165) is 60.5 Å². The minimum atomic E-state index is -0.477. The molecule has 9 aromatic carbocycles. The molecule has 1 aliphatic carbocycles. The number of benzene rings is 9. The first-order valence-corrected chi connectivity index (χ1v) is 20.3. The van der Waals surface area contributed by atoms with Crippen molar-refractivity contribution in [2.75, 3.05) is 0 Å². The monoisotopic (exact) mass is 765 g/mol. The van der Waals surface area contributed by atoms with Crippen LogP contribution < -0.4 is 0 Å². The Morgan fingerprint density at radius 1 is 0.317 bits per heavy atom. The summed E-state index contributed by atoms with van der Waals surface area (Å²) in [4.78, 5) is 14.8. The van der Waals surface area contributed by atoms with Crippen LogP contribution in [0.1, 0.15) is 22.3 Å². The lowest BCUT2D eigenvalue weighted by molar-refractivity contribution is 0.666. The average Bonchev–Trinajstić information content (AvgIpc) is 3.85. The summed E-state index contributed by atoms with van der Waals surface area (Å²) in [6, 6.07) is 75.2. The second-order valence-electron chi connectivity index (χ2n) is 15.5. The Balaban J connectivity index is 0.925. The van der Waals surface area contributed by atoms with Gasteiger partial charge in [-0.05, 0) is 85.6 Å². The maximum atomic E-state index is 6.79.